The first kappa shape index (κ1) is 11.1. The zero-order chi connectivity index (χ0) is 12.3. The van der Waals surface area contributed by atoms with Gasteiger partial charge in [-0.05, 0) is 59.6 Å². The second-order valence-corrected chi connectivity index (χ2v) is 6.75. The van der Waals surface area contributed by atoms with Gasteiger partial charge in [-0.3, -0.25) is 0 Å². The molecule has 0 spiro atoms. The lowest BCUT2D eigenvalue weighted by atomic mass is 9.65. The Kier molecular flexibility index (Phi) is 2.14. The van der Waals surface area contributed by atoms with Crippen molar-refractivity contribution in [3.8, 4) is 5.75 Å². The summed E-state index contributed by atoms with van der Waals surface area (Å²) in [5, 5.41) is 9.40. The molecule has 1 N–H and O–H groups in total. The highest BCUT2D eigenvalue weighted by molar-refractivity contribution is 5.32. The van der Waals surface area contributed by atoms with E-state index in [0.29, 0.717) is 22.5 Å². The van der Waals surface area contributed by atoms with Crippen LogP contribution in [0.15, 0.2) is 24.3 Å². The Bertz CT molecular complexity index is 431. The van der Waals surface area contributed by atoms with Crippen molar-refractivity contribution >= 4 is 0 Å². The van der Waals surface area contributed by atoms with Crippen LogP contribution in [0.1, 0.15) is 51.5 Å². The molecule has 0 aromatic heterocycles. The largest absolute Gasteiger partial charge is 0.508 e. The van der Waals surface area contributed by atoms with E-state index in [2.05, 4.69) is 32.9 Å². The summed E-state index contributed by atoms with van der Waals surface area (Å²) in [6.45, 7) is 7.37. The van der Waals surface area contributed by atoms with Gasteiger partial charge in [-0.1, -0.05) is 32.9 Å². The third-order valence-electron chi connectivity index (χ3n) is 6.09. The Morgan fingerprint density at radius 3 is 2.24 bits per heavy atom. The highest BCUT2D eigenvalue weighted by atomic mass is 16.3. The van der Waals surface area contributed by atoms with Gasteiger partial charge in [-0.15, -0.1) is 0 Å². The van der Waals surface area contributed by atoms with Crippen LogP contribution in [0.25, 0.3) is 0 Å². The molecule has 0 saturated heterocycles. The van der Waals surface area contributed by atoms with E-state index in [1.54, 1.807) is 0 Å². The monoisotopic (exact) mass is 230 g/mol. The van der Waals surface area contributed by atoms with E-state index < -0.39 is 0 Å². The second-order valence-electron chi connectivity index (χ2n) is 6.75. The average molecular weight is 230 g/mol. The van der Waals surface area contributed by atoms with Crippen molar-refractivity contribution in [3.05, 3.63) is 29.8 Å². The molecule has 3 rings (SSSR count). The quantitative estimate of drug-likeness (QED) is 0.761. The molecule has 2 saturated carbocycles. The number of rotatable bonds is 1. The molecule has 2 aliphatic rings. The number of phenols is 1. The van der Waals surface area contributed by atoms with Gasteiger partial charge in [-0.25, -0.2) is 0 Å². The summed E-state index contributed by atoms with van der Waals surface area (Å²) >= 11 is 0. The van der Waals surface area contributed by atoms with Gasteiger partial charge >= 0.3 is 0 Å². The summed E-state index contributed by atoms with van der Waals surface area (Å²) in [6, 6.07) is 7.89. The van der Waals surface area contributed by atoms with E-state index in [1.165, 1.54) is 24.8 Å². The van der Waals surface area contributed by atoms with Crippen LogP contribution >= 0.6 is 0 Å². The van der Waals surface area contributed by atoms with E-state index in [0.717, 1.165) is 5.92 Å². The number of benzene rings is 1. The lowest BCUT2D eigenvalue weighted by Crippen LogP contribution is -2.31. The van der Waals surface area contributed by atoms with Crippen molar-refractivity contribution in [2.24, 2.45) is 16.7 Å². The maximum Gasteiger partial charge on any atom is 0.115 e. The van der Waals surface area contributed by atoms with Crippen LogP contribution in [0.3, 0.4) is 0 Å². The molecule has 1 aromatic carbocycles. The van der Waals surface area contributed by atoms with Crippen molar-refractivity contribution in [1.29, 1.82) is 0 Å². The fourth-order valence-corrected chi connectivity index (χ4v) is 4.41. The molecule has 1 nitrogen and oxygen atoms in total. The molecule has 92 valence electrons. The predicted molar refractivity (Wildman–Crippen MR) is 70.1 cm³/mol. The minimum absolute atomic E-state index is 0.376. The van der Waals surface area contributed by atoms with Gasteiger partial charge in [0.1, 0.15) is 5.75 Å². The highest BCUT2D eigenvalue weighted by Gasteiger charge is 2.61. The summed E-state index contributed by atoms with van der Waals surface area (Å²) in [4.78, 5) is 0. The average Bonchev–Trinajstić information content (AvgIpc) is 2.62. The minimum Gasteiger partial charge on any atom is -0.508 e. The summed E-state index contributed by atoms with van der Waals surface area (Å²) in [6.07, 6.45) is 4.09. The molecule has 2 fully saturated rings. The molecule has 0 amide bonds. The molecule has 2 aliphatic carbocycles. The Hall–Kier alpha value is -0.980. The van der Waals surface area contributed by atoms with E-state index in [-0.39, 0.29) is 0 Å². The Labute approximate surface area is 104 Å². The number of fused-ring (bicyclic) bond motifs is 2. The molecule has 3 unspecified atom stereocenters. The third kappa shape index (κ3) is 1.31. The van der Waals surface area contributed by atoms with Crippen LogP contribution < -0.4 is 0 Å². The molecule has 1 heteroatoms. The number of hydrogen-bond acceptors (Lipinski definition) is 1. The van der Waals surface area contributed by atoms with Crippen molar-refractivity contribution in [3.63, 3.8) is 0 Å². The van der Waals surface area contributed by atoms with E-state index in [9.17, 15) is 5.11 Å². The van der Waals surface area contributed by atoms with Crippen molar-refractivity contribution in [1.82, 2.24) is 0 Å². The van der Waals surface area contributed by atoms with Gasteiger partial charge in [0.05, 0.1) is 0 Å². The van der Waals surface area contributed by atoms with Crippen LogP contribution in [0.4, 0.5) is 0 Å². The van der Waals surface area contributed by atoms with Gasteiger partial charge < -0.3 is 5.11 Å². The maximum atomic E-state index is 9.40. The van der Waals surface area contributed by atoms with Crippen LogP contribution in [0, 0.1) is 16.7 Å². The number of hydrogen-bond donors (Lipinski definition) is 1. The first-order valence-corrected chi connectivity index (χ1v) is 6.74. The van der Waals surface area contributed by atoms with E-state index in [4.69, 9.17) is 0 Å². The van der Waals surface area contributed by atoms with Crippen molar-refractivity contribution in [2.45, 2.75) is 46.0 Å². The Morgan fingerprint density at radius 2 is 1.76 bits per heavy atom. The summed E-state index contributed by atoms with van der Waals surface area (Å²) in [7, 11) is 0. The van der Waals surface area contributed by atoms with Gasteiger partial charge in [0, 0.05) is 0 Å². The lowest BCUT2D eigenvalue weighted by Gasteiger charge is -2.39. The molecule has 1 aromatic rings. The Morgan fingerprint density at radius 1 is 1.12 bits per heavy atom. The van der Waals surface area contributed by atoms with Crippen molar-refractivity contribution < 1.29 is 5.11 Å². The lowest BCUT2D eigenvalue weighted by molar-refractivity contribution is 0.134. The van der Waals surface area contributed by atoms with Gasteiger partial charge in [0.25, 0.3) is 0 Å². The first-order chi connectivity index (χ1) is 7.95. The molecule has 3 atom stereocenters. The number of aromatic hydroxyl groups is 1. The van der Waals surface area contributed by atoms with Crippen LogP contribution in [0.2, 0.25) is 0 Å². The molecular formula is C16H22O. The Balaban J connectivity index is 1.99. The normalized spacial score (nSPS) is 38.5. The molecule has 2 bridgehead atoms. The minimum atomic E-state index is 0.376. The van der Waals surface area contributed by atoms with Crippen LogP contribution in [-0.4, -0.2) is 5.11 Å². The van der Waals surface area contributed by atoms with E-state index >= 15 is 0 Å². The topological polar surface area (TPSA) is 20.2 Å². The number of phenolic OH excluding ortho intramolecular Hbond substituents is 1. The summed E-state index contributed by atoms with van der Waals surface area (Å²) in [5.41, 5.74) is 2.32. The zero-order valence-electron chi connectivity index (χ0n) is 11.0. The van der Waals surface area contributed by atoms with Crippen LogP contribution in [-0.2, 0) is 0 Å². The fourth-order valence-electron chi connectivity index (χ4n) is 4.41. The fraction of sp³-hybridized carbons (Fsp3) is 0.625. The standard InChI is InChI=1S/C16H22O/c1-15(2)12-8-9-16(15,3)14(10-12)11-4-6-13(17)7-5-11/h4-7,12,14,17H,8-10H2,1-3H3. The van der Waals surface area contributed by atoms with E-state index in [1.807, 2.05) is 12.1 Å². The van der Waals surface area contributed by atoms with Crippen LogP contribution in [0.5, 0.6) is 5.75 Å². The molecule has 0 radical (unpaired) electrons. The predicted octanol–water partition coefficient (Wildman–Crippen LogP) is 4.32. The first-order valence-electron chi connectivity index (χ1n) is 6.74. The molecule has 0 heterocycles. The molecule has 0 aliphatic heterocycles. The zero-order valence-corrected chi connectivity index (χ0v) is 11.0. The third-order valence-corrected chi connectivity index (χ3v) is 6.09. The smallest absolute Gasteiger partial charge is 0.115 e. The van der Waals surface area contributed by atoms with Crippen molar-refractivity contribution in [2.75, 3.05) is 0 Å². The molecule has 17 heavy (non-hydrogen) atoms. The highest BCUT2D eigenvalue weighted by Crippen LogP contribution is 2.70. The summed E-state index contributed by atoms with van der Waals surface area (Å²) < 4.78 is 0. The second kappa shape index (κ2) is 3.28. The van der Waals surface area contributed by atoms with Gasteiger partial charge in [0.2, 0.25) is 0 Å². The SMILES string of the molecule is CC1(C)C2CCC1(C)C(c1ccc(O)cc1)C2. The maximum absolute atomic E-state index is 9.40. The van der Waals surface area contributed by atoms with Gasteiger partial charge in [0.15, 0.2) is 0 Å². The molecular weight excluding hydrogens is 208 g/mol. The summed E-state index contributed by atoms with van der Waals surface area (Å²) in [5.74, 6) is 1.93. The van der Waals surface area contributed by atoms with Gasteiger partial charge in [-0.2, -0.15) is 0 Å².